The number of aryl methyl sites for hydroxylation is 1. The van der Waals surface area contributed by atoms with Crippen molar-refractivity contribution in [1.82, 2.24) is 9.55 Å². The predicted molar refractivity (Wildman–Crippen MR) is 133 cm³/mol. The van der Waals surface area contributed by atoms with Crippen LogP contribution in [0.1, 0.15) is 44.6 Å². The van der Waals surface area contributed by atoms with Gasteiger partial charge in [0.1, 0.15) is 24.3 Å². The number of aromatic nitrogens is 2. The lowest BCUT2D eigenvalue weighted by atomic mass is 9.78. The molecule has 0 atom stereocenters. The third kappa shape index (κ3) is 5.06. The molecule has 0 bridgehead atoms. The molecule has 7 nitrogen and oxygen atoms in total. The number of benzene rings is 2. The van der Waals surface area contributed by atoms with Gasteiger partial charge < -0.3 is 14.0 Å². The molecule has 0 unspecified atom stereocenters. The Balaban J connectivity index is 1.62. The third-order valence-electron chi connectivity index (χ3n) is 6.75. The first kappa shape index (κ1) is 27.0. The minimum absolute atomic E-state index is 0.0184. The largest absolute Gasteiger partial charge is 0.498 e. The van der Waals surface area contributed by atoms with Gasteiger partial charge in [0.05, 0.1) is 39.8 Å². The summed E-state index contributed by atoms with van der Waals surface area (Å²) in [4.78, 5) is 17.3. The summed E-state index contributed by atoms with van der Waals surface area (Å²) in [6.45, 7) is 9.25. The topological polar surface area (TPSA) is 86.4 Å². The van der Waals surface area contributed by atoms with Crippen molar-refractivity contribution in [3.8, 4) is 11.8 Å². The Morgan fingerprint density at radius 2 is 1.81 bits per heavy atom. The highest BCUT2D eigenvalue weighted by molar-refractivity contribution is 6.63. The first-order valence-electron chi connectivity index (χ1n) is 11.4. The zero-order chi connectivity index (χ0) is 27.3. The number of alkyl halides is 3. The second-order valence-corrected chi connectivity index (χ2v) is 10.2. The number of nitriles is 1. The Labute approximate surface area is 216 Å². The van der Waals surface area contributed by atoms with E-state index in [0.29, 0.717) is 22.3 Å². The lowest BCUT2D eigenvalue weighted by Crippen LogP contribution is -2.41. The molecule has 1 aromatic heterocycles. The maximum absolute atomic E-state index is 13.2. The highest BCUT2D eigenvalue weighted by atomic mass is 35.5. The van der Waals surface area contributed by atoms with Crippen LogP contribution >= 0.6 is 11.6 Å². The number of hydrogen-bond donors (Lipinski definition) is 0. The molecular formula is C25H24BClF3N3O4. The summed E-state index contributed by atoms with van der Waals surface area (Å²) in [5.74, 6) is 0.626. The van der Waals surface area contributed by atoms with E-state index in [1.54, 1.807) is 24.3 Å². The first-order chi connectivity index (χ1) is 17.1. The van der Waals surface area contributed by atoms with Crippen molar-refractivity contribution in [3.05, 3.63) is 62.7 Å². The third-order valence-corrected chi connectivity index (χ3v) is 6.98. The van der Waals surface area contributed by atoms with Crippen molar-refractivity contribution in [1.29, 1.82) is 5.26 Å². The van der Waals surface area contributed by atoms with Crippen molar-refractivity contribution in [2.75, 3.05) is 6.61 Å². The normalized spacial score (nSPS) is 16.7. The molecule has 2 aromatic carbocycles. The van der Waals surface area contributed by atoms with E-state index in [-0.39, 0.29) is 29.9 Å². The Morgan fingerprint density at radius 1 is 1.16 bits per heavy atom. The van der Waals surface area contributed by atoms with Gasteiger partial charge in [-0.1, -0.05) is 11.6 Å². The van der Waals surface area contributed by atoms with Crippen LogP contribution in [0.2, 0.25) is 5.02 Å². The molecule has 0 radical (unpaired) electrons. The second-order valence-electron chi connectivity index (χ2n) is 9.76. The monoisotopic (exact) mass is 533 g/mol. The number of ether oxygens (including phenoxy) is 1. The number of fused-ring (bicyclic) bond motifs is 1. The van der Waals surface area contributed by atoms with Gasteiger partial charge in [0.15, 0.2) is 0 Å². The second kappa shape index (κ2) is 9.35. The summed E-state index contributed by atoms with van der Waals surface area (Å²) in [5.41, 5.74) is -2.82. The maximum Gasteiger partial charge on any atom is 0.498 e. The average molecular weight is 534 g/mol. The molecule has 1 aliphatic heterocycles. The predicted octanol–water partition coefficient (Wildman–Crippen LogP) is 4.63. The molecule has 0 aliphatic carbocycles. The molecule has 12 heteroatoms. The van der Waals surface area contributed by atoms with E-state index in [9.17, 15) is 23.2 Å². The number of nitrogens with zero attached hydrogens (tertiary/aromatic N) is 3. The molecule has 0 spiro atoms. The minimum atomic E-state index is -4.68. The fourth-order valence-corrected chi connectivity index (χ4v) is 4.20. The highest BCUT2D eigenvalue weighted by Gasteiger charge is 2.52. The van der Waals surface area contributed by atoms with Crippen molar-refractivity contribution >= 4 is 35.1 Å². The summed E-state index contributed by atoms with van der Waals surface area (Å²) in [6.07, 6.45) is -4.68. The highest BCUT2D eigenvalue weighted by Crippen LogP contribution is 2.37. The lowest BCUT2D eigenvalue weighted by Gasteiger charge is -2.32. The zero-order valence-electron chi connectivity index (χ0n) is 20.9. The number of hydrogen-bond acceptors (Lipinski definition) is 6. The van der Waals surface area contributed by atoms with Gasteiger partial charge >= 0.3 is 13.3 Å². The molecule has 3 aromatic rings. The molecule has 2 heterocycles. The van der Waals surface area contributed by atoms with Gasteiger partial charge in [-0.05, 0) is 65.0 Å². The quantitative estimate of drug-likeness (QED) is 0.445. The van der Waals surface area contributed by atoms with Crippen molar-refractivity contribution in [3.63, 3.8) is 0 Å². The van der Waals surface area contributed by atoms with Crippen LogP contribution in [0, 0.1) is 18.3 Å². The van der Waals surface area contributed by atoms with Gasteiger partial charge in [0.25, 0.3) is 5.56 Å². The van der Waals surface area contributed by atoms with Crippen LogP contribution < -0.4 is 15.8 Å². The van der Waals surface area contributed by atoms with Crippen LogP contribution in [-0.4, -0.2) is 34.5 Å². The van der Waals surface area contributed by atoms with Gasteiger partial charge in [-0.15, -0.1) is 0 Å². The van der Waals surface area contributed by atoms with Crippen molar-refractivity contribution in [2.45, 2.75) is 58.5 Å². The minimum Gasteiger partial charge on any atom is -0.492 e. The van der Waals surface area contributed by atoms with E-state index >= 15 is 0 Å². The van der Waals surface area contributed by atoms with Crippen molar-refractivity contribution < 1.29 is 27.2 Å². The van der Waals surface area contributed by atoms with Gasteiger partial charge in [-0.3, -0.25) is 9.36 Å². The molecule has 4 rings (SSSR count). The SMILES string of the molecule is Cc1nc2cc(C(F)(F)F)cc(C#N)c2c(=O)n1CCOc1ccc(Cl)cc1B1OC(C)(C)C(C)(C)O1. The zero-order valence-corrected chi connectivity index (χ0v) is 21.6. The van der Waals surface area contributed by atoms with E-state index in [1.807, 2.05) is 27.7 Å². The molecule has 37 heavy (non-hydrogen) atoms. The molecule has 0 amide bonds. The van der Waals surface area contributed by atoms with E-state index in [1.165, 1.54) is 11.5 Å². The Kier molecular flexibility index (Phi) is 6.82. The molecule has 1 aliphatic rings. The summed E-state index contributed by atoms with van der Waals surface area (Å²) < 4.78 is 59.2. The molecule has 1 saturated heterocycles. The van der Waals surface area contributed by atoms with Crippen LogP contribution in [0.4, 0.5) is 13.2 Å². The fourth-order valence-electron chi connectivity index (χ4n) is 4.02. The van der Waals surface area contributed by atoms with E-state index in [2.05, 4.69) is 4.98 Å². The fraction of sp³-hybridized carbons (Fsp3) is 0.400. The van der Waals surface area contributed by atoms with Crippen LogP contribution in [0.15, 0.2) is 35.1 Å². The standard InChI is InChI=1S/C25H24BClF3N3O4/c1-14-32-19-11-16(25(28,29)30)10-15(13-31)21(19)22(34)33(14)8-9-35-20-7-6-17(27)12-18(20)26-36-23(2,3)24(4,5)37-26/h6-7,10-12H,8-9H2,1-5H3. The van der Waals surface area contributed by atoms with Crippen LogP contribution in [-0.2, 0) is 22.0 Å². The summed E-state index contributed by atoms with van der Waals surface area (Å²) >= 11 is 6.22. The van der Waals surface area contributed by atoms with Crippen LogP contribution in [0.5, 0.6) is 5.75 Å². The summed E-state index contributed by atoms with van der Waals surface area (Å²) in [7, 11) is -0.730. The average Bonchev–Trinajstić information content (AvgIpc) is 3.01. The number of rotatable bonds is 5. The summed E-state index contributed by atoms with van der Waals surface area (Å²) in [5, 5.41) is 9.70. The van der Waals surface area contributed by atoms with E-state index in [0.717, 1.165) is 6.07 Å². The van der Waals surface area contributed by atoms with Gasteiger partial charge in [0.2, 0.25) is 0 Å². The smallest absolute Gasteiger partial charge is 0.492 e. The Hall–Kier alpha value is -3.07. The summed E-state index contributed by atoms with van der Waals surface area (Å²) in [6, 6.07) is 8.12. The lowest BCUT2D eigenvalue weighted by molar-refractivity contribution is -0.137. The van der Waals surface area contributed by atoms with Crippen LogP contribution in [0.25, 0.3) is 10.9 Å². The van der Waals surface area contributed by atoms with Gasteiger partial charge in [-0.25, -0.2) is 4.98 Å². The number of halogens is 4. The maximum atomic E-state index is 13.2. The van der Waals surface area contributed by atoms with Gasteiger partial charge in [0, 0.05) is 10.5 Å². The molecule has 0 N–H and O–H groups in total. The Bertz CT molecular complexity index is 1470. The molecule has 0 saturated carbocycles. The van der Waals surface area contributed by atoms with Gasteiger partial charge in [-0.2, -0.15) is 18.4 Å². The van der Waals surface area contributed by atoms with Crippen LogP contribution in [0.3, 0.4) is 0 Å². The molecule has 194 valence electrons. The van der Waals surface area contributed by atoms with E-state index < -0.39 is 41.2 Å². The molecular weight excluding hydrogens is 510 g/mol. The Morgan fingerprint density at radius 3 is 2.41 bits per heavy atom. The first-order valence-corrected chi connectivity index (χ1v) is 11.8. The molecule has 1 fully saturated rings. The van der Waals surface area contributed by atoms with E-state index in [4.69, 9.17) is 25.6 Å². The van der Waals surface area contributed by atoms with Crippen molar-refractivity contribution in [2.24, 2.45) is 0 Å².